The summed E-state index contributed by atoms with van der Waals surface area (Å²) < 4.78 is 6.83. The molecule has 21 heavy (non-hydrogen) atoms. The van der Waals surface area contributed by atoms with Gasteiger partial charge in [0.05, 0.1) is 11.2 Å². The van der Waals surface area contributed by atoms with Crippen molar-refractivity contribution < 1.29 is 9.34 Å². The Morgan fingerprint density at radius 3 is 2.90 bits per heavy atom. The molecule has 2 aromatic rings. The highest BCUT2D eigenvalue weighted by atomic mass is 16.6. The van der Waals surface area contributed by atoms with Crippen molar-refractivity contribution in [2.45, 2.75) is 39.2 Å². The molecule has 0 saturated carbocycles. The zero-order valence-electron chi connectivity index (χ0n) is 12.5. The average molecular weight is 292 g/mol. The number of aromatic nitrogens is 2. The van der Waals surface area contributed by atoms with Crippen LogP contribution in [0.4, 0.5) is 11.5 Å². The highest BCUT2D eigenvalue weighted by Crippen LogP contribution is 2.29. The predicted octanol–water partition coefficient (Wildman–Crippen LogP) is 2.92. The number of nitro groups is 1. The second-order valence-corrected chi connectivity index (χ2v) is 5.04. The first-order valence-electron chi connectivity index (χ1n) is 7.02. The lowest BCUT2D eigenvalue weighted by Crippen LogP contribution is -2.18. The molecule has 0 aliphatic carbocycles. The Balaban J connectivity index is 2.07. The summed E-state index contributed by atoms with van der Waals surface area (Å²) in [6.07, 6.45) is 3.78. The van der Waals surface area contributed by atoms with Gasteiger partial charge in [0.2, 0.25) is 5.82 Å². The van der Waals surface area contributed by atoms with Gasteiger partial charge in [0.1, 0.15) is 11.5 Å². The molecule has 0 radical (unpaired) electrons. The fourth-order valence-electron chi connectivity index (χ4n) is 2.28. The van der Waals surface area contributed by atoms with Crippen LogP contribution in [-0.4, -0.2) is 20.7 Å². The van der Waals surface area contributed by atoms with Crippen LogP contribution in [0, 0.1) is 10.1 Å². The van der Waals surface area contributed by atoms with Crippen LogP contribution in [-0.2, 0) is 19.9 Å². The van der Waals surface area contributed by atoms with Crippen LogP contribution in [0.1, 0.15) is 31.7 Å². The number of hydrogen-bond donors (Lipinski definition) is 1. The molecule has 1 unspecified atom stereocenters. The fraction of sp³-hybridized carbons (Fsp3) is 0.500. The molecule has 0 amide bonds. The zero-order chi connectivity index (χ0) is 15.4. The Morgan fingerprint density at radius 1 is 1.57 bits per heavy atom. The quantitative estimate of drug-likeness (QED) is 0.626. The van der Waals surface area contributed by atoms with Gasteiger partial charge in [-0.25, -0.2) is 4.68 Å². The Bertz CT molecular complexity index is 604. The predicted molar refractivity (Wildman–Crippen MR) is 79.4 cm³/mol. The molecule has 7 heteroatoms. The van der Waals surface area contributed by atoms with E-state index in [-0.39, 0.29) is 16.7 Å². The summed E-state index contributed by atoms with van der Waals surface area (Å²) in [4.78, 5) is 10.9. The van der Waals surface area contributed by atoms with E-state index in [1.807, 2.05) is 26.0 Å². The van der Waals surface area contributed by atoms with Crippen molar-refractivity contribution in [1.29, 1.82) is 0 Å². The van der Waals surface area contributed by atoms with Gasteiger partial charge in [0.25, 0.3) is 0 Å². The summed E-state index contributed by atoms with van der Waals surface area (Å²) in [6, 6.07) is 3.86. The molecule has 1 N–H and O–H groups in total. The maximum Gasteiger partial charge on any atom is 0.333 e. The smallest absolute Gasteiger partial charge is 0.333 e. The molecule has 7 nitrogen and oxygen atoms in total. The van der Waals surface area contributed by atoms with Crippen LogP contribution in [0.2, 0.25) is 0 Å². The molecule has 0 bridgehead atoms. The first kappa shape index (κ1) is 15.1. The number of nitrogens with one attached hydrogen (secondary N) is 1. The first-order valence-corrected chi connectivity index (χ1v) is 7.02. The van der Waals surface area contributed by atoms with Crippen molar-refractivity contribution in [3.8, 4) is 0 Å². The van der Waals surface area contributed by atoms with Crippen molar-refractivity contribution in [2.24, 2.45) is 7.05 Å². The monoisotopic (exact) mass is 292 g/mol. The van der Waals surface area contributed by atoms with E-state index >= 15 is 0 Å². The van der Waals surface area contributed by atoms with Crippen molar-refractivity contribution in [1.82, 2.24) is 9.78 Å². The summed E-state index contributed by atoms with van der Waals surface area (Å²) in [5, 5.41) is 18.6. The lowest BCUT2D eigenvalue weighted by atomic mass is 10.1. The Hall–Kier alpha value is -2.31. The minimum absolute atomic E-state index is 0.0739. The third kappa shape index (κ3) is 3.42. The van der Waals surface area contributed by atoms with E-state index in [0.29, 0.717) is 17.9 Å². The van der Waals surface area contributed by atoms with Crippen LogP contribution in [0.5, 0.6) is 0 Å². The Morgan fingerprint density at radius 2 is 2.33 bits per heavy atom. The molecule has 114 valence electrons. The normalized spacial score (nSPS) is 12.3. The zero-order valence-corrected chi connectivity index (χ0v) is 12.5. The Labute approximate surface area is 123 Å². The third-order valence-corrected chi connectivity index (χ3v) is 3.40. The second-order valence-electron chi connectivity index (χ2n) is 5.04. The van der Waals surface area contributed by atoms with Crippen LogP contribution in [0.3, 0.4) is 0 Å². The van der Waals surface area contributed by atoms with E-state index in [0.717, 1.165) is 18.6 Å². The van der Waals surface area contributed by atoms with Gasteiger partial charge in [-0.2, -0.15) is 5.10 Å². The van der Waals surface area contributed by atoms with Crippen molar-refractivity contribution in [3.05, 3.63) is 40.0 Å². The molecule has 0 aliphatic heterocycles. The first-order chi connectivity index (χ1) is 10.0. The number of aryl methyl sites for hydroxylation is 3. The summed E-state index contributed by atoms with van der Waals surface area (Å²) in [7, 11) is 1.72. The van der Waals surface area contributed by atoms with Gasteiger partial charge in [-0.3, -0.25) is 10.1 Å². The lowest BCUT2D eigenvalue weighted by Gasteiger charge is -2.14. The molecule has 1 atom stereocenters. The topological polar surface area (TPSA) is 86.1 Å². The SMILES string of the molecule is CCc1nn(C)c(NC(C)CCc2ccco2)c1[N+](=O)[O-]. The largest absolute Gasteiger partial charge is 0.469 e. The van der Waals surface area contributed by atoms with E-state index in [1.165, 1.54) is 0 Å². The summed E-state index contributed by atoms with van der Waals surface area (Å²) in [6.45, 7) is 3.85. The molecule has 0 aromatic carbocycles. The van der Waals surface area contributed by atoms with Gasteiger partial charge in [-0.05, 0) is 31.9 Å². The molecule has 2 rings (SSSR count). The summed E-state index contributed by atoms with van der Waals surface area (Å²) in [5.74, 6) is 1.38. The van der Waals surface area contributed by atoms with Gasteiger partial charge in [0, 0.05) is 19.5 Å². The molecule has 2 heterocycles. The molecular formula is C14H20N4O3. The van der Waals surface area contributed by atoms with E-state index in [2.05, 4.69) is 10.4 Å². The molecule has 0 aliphatic rings. The number of anilines is 1. The maximum absolute atomic E-state index is 11.2. The number of nitrogens with zero attached hydrogens (tertiary/aromatic N) is 3. The molecule has 0 saturated heterocycles. The van der Waals surface area contributed by atoms with Gasteiger partial charge >= 0.3 is 5.69 Å². The fourth-order valence-corrected chi connectivity index (χ4v) is 2.28. The van der Waals surface area contributed by atoms with Crippen molar-refractivity contribution in [3.63, 3.8) is 0 Å². The highest BCUT2D eigenvalue weighted by molar-refractivity contribution is 5.60. The van der Waals surface area contributed by atoms with Gasteiger partial charge in [-0.1, -0.05) is 6.92 Å². The van der Waals surface area contributed by atoms with Gasteiger partial charge in [-0.15, -0.1) is 0 Å². The number of rotatable bonds is 7. The summed E-state index contributed by atoms with van der Waals surface area (Å²) in [5.41, 5.74) is 0.577. The molecule has 2 aromatic heterocycles. The molecular weight excluding hydrogens is 272 g/mol. The van der Waals surface area contributed by atoms with E-state index < -0.39 is 0 Å². The molecule has 0 spiro atoms. The minimum atomic E-state index is -0.368. The number of hydrogen-bond acceptors (Lipinski definition) is 5. The van der Waals surface area contributed by atoms with Gasteiger partial charge < -0.3 is 9.73 Å². The lowest BCUT2D eigenvalue weighted by molar-refractivity contribution is -0.384. The minimum Gasteiger partial charge on any atom is -0.469 e. The van der Waals surface area contributed by atoms with Crippen LogP contribution in [0.15, 0.2) is 22.8 Å². The second kappa shape index (κ2) is 6.43. The van der Waals surface area contributed by atoms with Crippen molar-refractivity contribution >= 4 is 11.5 Å². The Kier molecular flexibility index (Phi) is 4.62. The molecule has 0 fully saturated rings. The van der Waals surface area contributed by atoms with Crippen molar-refractivity contribution in [2.75, 3.05) is 5.32 Å². The van der Waals surface area contributed by atoms with Crippen LogP contribution < -0.4 is 5.32 Å². The maximum atomic E-state index is 11.2. The summed E-state index contributed by atoms with van der Waals surface area (Å²) >= 11 is 0. The highest BCUT2D eigenvalue weighted by Gasteiger charge is 2.26. The van der Waals surface area contributed by atoms with Gasteiger partial charge in [0.15, 0.2) is 0 Å². The van der Waals surface area contributed by atoms with Crippen LogP contribution in [0.25, 0.3) is 0 Å². The standard InChI is InChI=1S/C14H20N4O3/c1-4-12-13(18(19)20)14(17(3)16-12)15-10(2)7-8-11-6-5-9-21-11/h5-6,9-10,15H,4,7-8H2,1-3H3. The van der Waals surface area contributed by atoms with E-state index in [4.69, 9.17) is 4.42 Å². The number of furan rings is 1. The van der Waals surface area contributed by atoms with E-state index in [9.17, 15) is 10.1 Å². The average Bonchev–Trinajstić information content (AvgIpc) is 3.05. The van der Waals surface area contributed by atoms with Crippen LogP contribution >= 0.6 is 0 Å². The third-order valence-electron chi connectivity index (χ3n) is 3.40. The van der Waals surface area contributed by atoms with E-state index in [1.54, 1.807) is 18.0 Å².